The van der Waals surface area contributed by atoms with Gasteiger partial charge in [0.2, 0.25) is 0 Å². The molecule has 2 rings (SSSR count). The highest BCUT2D eigenvalue weighted by atomic mass is 16.5. The zero-order valence-electron chi connectivity index (χ0n) is 11.7. The van der Waals surface area contributed by atoms with E-state index in [1.54, 1.807) is 0 Å². The van der Waals surface area contributed by atoms with E-state index in [-0.39, 0.29) is 0 Å². The topological polar surface area (TPSA) is 9.23 Å². The molecule has 1 aliphatic carbocycles. The van der Waals surface area contributed by atoms with Gasteiger partial charge in [-0.05, 0) is 36.8 Å². The average Bonchev–Trinajstić information content (AvgIpc) is 2.41. The van der Waals surface area contributed by atoms with Crippen LogP contribution in [0.2, 0.25) is 0 Å². The van der Waals surface area contributed by atoms with Crippen LogP contribution in [0, 0.1) is 0 Å². The minimum atomic E-state index is 1.16. The monoisotopic (exact) mass is 246 g/mol. The molecule has 0 radical (unpaired) electrons. The van der Waals surface area contributed by atoms with Gasteiger partial charge >= 0.3 is 0 Å². The van der Waals surface area contributed by atoms with E-state index < -0.39 is 0 Å². The molecular formula is C17H26O. The lowest BCUT2D eigenvalue weighted by Crippen LogP contribution is -1.98. The van der Waals surface area contributed by atoms with Crippen LogP contribution in [0.25, 0.3) is 0 Å². The Kier molecular flexibility index (Phi) is 5.57. The first-order valence-corrected chi connectivity index (χ1v) is 7.56. The summed E-state index contributed by atoms with van der Waals surface area (Å²) in [6.07, 6.45) is 13.4. The maximum absolute atomic E-state index is 5.65. The normalized spacial score (nSPS) is 18.3. The summed E-state index contributed by atoms with van der Waals surface area (Å²) in [4.78, 5) is 0. The van der Waals surface area contributed by atoms with Crippen molar-refractivity contribution in [2.75, 3.05) is 7.11 Å². The number of benzene rings is 1. The van der Waals surface area contributed by atoms with Crippen molar-refractivity contribution in [3.8, 4) is 5.75 Å². The molecule has 0 amide bonds. The maximum atomic E-state index is 5.65. The summed E-state index contributed by atoms with van der Waals surface area (Å²) >= 11 is 0. The average molecular weight is 246 g/mol. The van der Waals surface area contributed by atoms with Crippen LogP contribution in [0.15, 0.2) is 18.2 Å². The summed E-state index contributed by atoms with van der Waals surface area (Å²) in [5, 5.41) is 0. The van der Waals surface area contributed by atoms with Crippen molar-refractivity contribution in [1.29, 1.82) is 0 Å². The van der Waals surface area contributed by atoms with Crippen molar-refractivity contribution < 1.29 is 4.74 Å². The van der Waals surface area contributed by atoms with E-state index in [0.717, 1.165) is 5.75 Å². The summed E-state index contributed by atoms with van der Waals surface area (Å²) in [5.74, 6) is 1.16. The molecule has 100 valence electrons. The maximum Gasteiger partial charge on any atom is 0.125 e. The predicted octanol–water partition coefficient (Wildman–Crippen LogP) is 4.91. The molecule has 18 heavy (non-hydrogen) atoms. The Morgan fingerprint density at radius 1 is 0.722 bits per heavy atom. The Balaban J connectivity index is 2.12. The van der Waals surface area contributed by atoms with Crippen molar-refractivity contribution in [3.05, 3.63) is 29.3 Å². The fraction of sp³-hybridized carbons (Fsp3) is 0.647. The standard InChI is InChI=1S/C17H26O/c1-18-17-15-11-8-6-4-2-3-5-7-9-12-16(17)14-10-13-15/h10,13-14H,2-9,11-12H2,1H3. The van der Waals surface area contributed by atoms with Gasteiger partial charge in [0.25, 0.3) is 0 Å². The van der Waals surface area contributed by atoms with Gasteiger partial charge in [-0.25, -0.2) is 0 Å². The van der Waals surface area contributed by atoms with Crippen molar-refractivity contribution in [2.45, 2.75) is 64.2 Å². The van der Waals surface area contributed by atoms with Crippen molar-refractivity contribution in [1.82, 2.24) is 0 Å². The lowest BCUT2D eigenvalue weighted by Gasteiger charge is -2.13. The molecule has 0 aliphatic heterocycles. The van der Waals surface area contributed by atoms with E-state index in [2.05, 4.69) is 18.2 Å². The summed E-state index contributed by atoms with van der Waals surface area (Å²) in [6, 6.07) is 6.68. The Bertz CT molecular complexity index is 326. The minimum absolute atomic E-state index is 1.16. The first-order chi connectivity index (χ1) is 8.92. The highest BCUT2D eigenvalue weighted by Crippen LogP contribution is 2.27. The number of aryl methyl sites for hydroxylation is 2. The van der Waals surface area contributed by atoms with Gasteiger partial charge in [-0.2, -0.15) is 0 Å². The molecule has 1 aliphatic rings. The summed E-state index contributed by atoms with van der Waals surface area (Å²) in [6.45, 7) is 0. The van der Waals surface area contributed by atoms with Crippen LogP contribution in [0.3, 0.4) is 0 Å². The number of para-hydroxylation sites is 1. The van der Waals surface area contributed by atoms with Crippen LogP contribution < -0.4 is 4.74 Å². The summed E-state index contributed by atoms with van der Waals surface area (Å²) in [5.41, 5.74) is 2.82. The Hall–Kier alpha value is -0.980. The fourth-order valence-corrected chi connectivity index (χ4v) is 2.99. The lowest BCUT2D eigenvalue weighted by atomic mass is 10.00. The Morgan fingerprint density at radius 3 is 1.61 bits per heavy atom. The highest BCUT2D eigenvalue weighted by Gasteiger charge is 2.09. The third-order valence-electron chi connectivity index (χ3n) is 4.02. The molecule has 1 heteroatoms. The molecule has 2 bridgehead atoms. The van der Waals surface area contributed by atoms with Crippen LogP contribution in [0.4, 0.5) is 0 Å². The van der Waals surface area contributed by atoms with Crippen LogP contribution >= 0.6 is 0 Å². The molecule has 0 N–H and O–H groups in total. The first-order valence-electron chi connectivity index (χ1n) is 7.56. The Morgan fingerprint density at radius 2 is 1.17 bits per heavy atom. The largest absolute Gasteiger partial charge is 0.496 e. The zero-order valence-corrected chi connectivity index (χ0v) is 11.7. The van der Waals surface area contributed by atoms with Crippen LogP contribution in [0.5, 0.6) is 5.75 Å². The van der Waals surface area contributed by atoms with Crippen molar-refractivity contribution >= 4 is 0 Å². The van der Waals surface area contributed by atoms with Gasteiger partial charge < -0.3 is 4.74 Å². The van der Waals surface area contributed by atoms with Crippen LogP contribution in [-0.4, -0.2) is 7.11 Å². The van der Waals surface area contributed by atoms with Gasteiger partial charge in [-0.15, -0.1) is 0 Å². The minimum Gasteiger partial charge on any atom is -0.496 e. The quantitative estimate of drug-likeness (QED) is 0.683. The van der Waals surface area contributed by atoms with Crippen molar-refractivity contribution in [3.63, 3.8) is 0 Å². The van der Waals surface area contributed by atoms with E-state index in [1.807, 2.05) is 7.11 Å². The first kappa shape index (κ1) is 13.5. The van der Waals surface area contributed by atoms with E-state index >= 15 is 0 Å². The second-order valence-corrected chi connectivity index (χ2v) is 5.44. The van der Waals surface area contributed by atoms with Crippen LogP contribution in [0.1, 0.15) is 62.5 Å². The predicted molar refractivity (Wildman–Crippen MR) is 77.3 cm³/mol. The molecule has 0 spiro atoms. The molecular weight excluding hydrogens is 220 g/mol. The van der Waals surface area contributed by atoms with E-state index in [1.165, 1.54) is 75.3 Å². The van der Waals surface area contributed by atoms with E-state index in [4.69, 9.17) is 4.74 Å². The third kappa shape index (κ3) is 3.76. The van der Waals surface area contributed by atoms with Gasteiger partial charge in [-0.3, -0.25) is 0 Å². The van der Waals surface area contributed by atoms with Crippen molar-refractivity contribution in [2.24, 2.45) is 0 Å². The summed E-state index contributed by atoms with van der Waals surface area (Å²) < 4.78 is 5.65. The summed E-state index contributed by atoms with van der Waals surface area (Å²) in [7, 11) is 1.82. The smallest absolute Gasteiger partial charge is 0.125 e. The SMILES string of the molecule is COc1c2cccc1CCCCCCCCCC2. The number of hydrogen-bond donors (Lipinski definition) is 0. The number of ether oxygens (including phenoxy) is 1. The van der Waals surface area contributed by atoms with Gasteiger partial charge in [0, 0.05) is 0 Å². The molecule has 0 unspecified atom stereocenters. The van der Waals surface area contributed by atoms with Gasteiger partial charge in [0.05, 0.1) is 7.11 Å². The fourth-order valence-electron chi connectivity index (χ4n) is 2.99. The van der Waals surface area contributed by atoms with Gasteiger partial charge in [0.15, 0.2) is 0 Å². The molecule has 0 fully saturated rings. The lowest BCUT2D eigenvalue weighted by molar-refractivity contribution is 0.403. The number of hydrogen-bond acceptors (Lipinski definition) is 1. The molecule has 0 saturated carbocycles. The number of methoxy groups -OCH3 is 1. The second-order valence-electron chi connectivity index (χ2n) is 5.44. The molecule has 0 aromatic heterocycles. The molecule has 0 heterocycles. The third-order valence-corrected chi connectivity index (χ3v) is 4.02. The number of fused-ring (bicyclic) bond motifs is 2. The Labute approximate surface area is 112 Å². The van der Waals surface area contributed by atoms with E-state index in [9.17, 15) is 0 Å². The molecule has 0 atom stereocenters. The highest BCUT2D eigenvalue weighted by molar-refractivity contribution is 5.41. The zero-order chi connectivity index (χ0) is 12.6. The molecule has 1 aromatic rings. The van der Waals surface area contributed by atoms with Crippen LogP contribution in [-0.2, 0) is 12.8 Å². The second kappa shape index (κ2) is 7.45. The number of rotatable bonds is 1. The van der Waals surface area contributed by atoms with E-state index in [0.29, 0.717) is 0 Å². The molecule has 1 aromatic carbocycles. The van der Waals surface area contributed by atoms with Gasteiger partial charge in [-0.1, -0.05) is 56.7 Å². The molecule has 1 nitrogen and oxygen atoms in total. The molecule has 0 saturated heterocycles. The van der Waals surface area contributed by atoms with Gasteiger partial charge in [0.1, 0.15) is 5.75 Å².